The number of fused-ring (bicyclic) bond motifs is 1. The summed E-state index contributed by atoms with van der Waals surface area (Å²) >= 11 is 3.22. The van der Waals surface area contributed by atoms with Crippen molar-refractivity contribution in [1.82, 2.24) is 4.57 Å². The third kappa shape index (κ3) is 2.06. The van der Waals surface area contributed by atoms with E-state index in [9.17, 15) is 4.39 Å². The predicted octanol–water partition coefficient (Wildman–Crippen LogP) is 4.59. The third-order valence-electron chi connectivity index (χ3n) is 3.02. The molecule has 3 rings (SSSR count). The first kappa shape index (κ1) is 11.5. The normalized spacial score (nSPS) is 11.0. The number of nitrogens with zero attached hydrogens (tertiary/aromatic N) is 1. The van der Waals surface area contributed by atoms with Gasteiger partial charge in [-0.2, -0.15) is 0 Å². The molecule has 2 aromatic carbocycles. The van der Waals surface area contributed by atoms with Crippen LogP contribution < -0.4 is 0 Å². The molecule has 0 unspecified atom stereocenters. The minimum Gasteiger partial charge on any atom is -0.343 e. The van der Waals surface area contributed by atoms with Gasteiger partial charge in [-0.05, 0) is 51.1 Å². The van der Waals surface area contributed by atoms with Gasteiger partial charge in [0.05, 0.1) is 4.47 Å². The second-order valence-corrected chi connectivity index (χ2v) is 5.11. The minimum absolute atomic E-state index is 0.226. The summed E-state index contributed by atoms with van der Waals surface area (Å²) in [5, 5.41) is 1.22. The molecule has 18 heavy (non-hydrogen) atoms. The molecule has 0 atom stereocenters. The van der Waals surface area contributed by atoms with Crippen LogP contribution in [0, 0.1) is 5.82 Å². The van der Waals surface area contributed by atoms with Gasteiger partial charge < -0.3 is 4.57 Å². The lowest BCUT2D eigenvalue weighted by Gasteiger charge is -2.06. The van der Waals surface area contributed by atoms with Crippen LogP contribution >= 0.6 is 15.9 Å². The van der Waals surface area contributed by atoms with Crippen molar-refractivity contribution in [2.75, 3.05) is 0 Å². The van der Waals surface area contributed by atoms with Crippen molar-refractivity contribution in [1.29, 1.82) is 0 Å². The standard InChI is InChI=1S/C15H11BrFN/c16-13-9-11(5-6-14(13)17)10-18-8-7-12-3-1-2-4-15(12)18/h1-9H,10H2. The summed E-state index contributed by atoms with van der Waals surface area (Å²) < 4.78 is 15.8. The van der Waals surface area contributed by atoms with Gasteiger partial charge >= 0.3 is 0 Å². The topological polar surface area (TPSA) is 4.93 Å². The van der Waals surface area contributed by atoms with Gasteiger partial charge in [0.1, 0.15) is 5.82 Å². The highest BCUT2D eigenvalue weighted by Gasteiger charge is 2.03. The van der Waals surface area contributed by atoms with Crippen LogP contribution in [0.1, 0.15) is 5.56 Å². The fraction of sp³-hybridized carbons (Fsp3) is 0.0667. The van der Waals surface area contributed by atoms with Crippen molar-refractivity contribution in [2.24, 2.45) is 0 Å². The zero-order valence-electron chi connectivity index (χ0n) is 9.61. The smallest absolute Gasteiger partial charge is 0.137 e. The van der Waals surface area contributed by atoms with Crippen molar-refractivity contribution in [3.05, 3.63) is 70.6 Å². The molecule has 0 saturated carbocycles. The summed E-state index contributed by atoms with van der Waals surface area (Å²) in [6, 6.07) is 15.5. The van der Waals surface area contributed by atoms with Crippen LogP contribution in [0.15, 0.2) is 59.2 Å². The average molecular weight is 304 g/mol. The van der Waals surface area contributed by atoms with E-state index in [-0.39, 0.29) is 5.82 Å². The first-order valence-corrected chi connectivity index (χ1v) is 6.51. The van der Waals surface area contributed by atoms with Crippen molar-refractivity contribution >= 4 is 26.8 Å². The van der Waals surface area contributed by atoms with E-state index in [1.807, 2.05) is 24.3 Å². The van der Waals surface area contributed by atoms with E-state index >= 15 is 0 Å². The molecule has 0 spiro atoms. The van der Waals surface area contributed by atoms with Crippen LogP contribution in [0.2, 0.25) is 0 Å². The predicted molar refractivity (Wildman–Crippen MR) is 75.1 cm³/mol. The van der Waals surface area contributed by atoms with Crippen molar-refractivity contribution in [2.45, 2.75) is 6.54 Å². The number of hydrogen-bond acceptors (Lipinski definition) is 0. The number of para-hydroxylation sites is 1. The van der Waals surface area contributed by atoms with Gasteiger partial charge in [-0.15, -0.1) is 0 Å². The first-order chi connectivity index (χ1) is 8.74. The highest BCUT2D eigenvalue weighted by molar-refractivity contribution is 9.10. The van der Waals surface area contributed by atoms with Crippen LogP contribution in [0.4, 0.5) is 4.39 Å². The SMILES string of the molecule is Fc1ccc(Cn2ccc3ccccc32)cc1Br. The highest BCUT2D eigenvalue weighted by atomic mass is 79.9. The Hall–Kier alpha value is -1.61. The first-order valence-electron chi connectivity index (χ1n) is 5.72. The molecular weight excluding hydrogens is 293 g/mol. The maximum atomic E-state index is 13.2. The van der Waals surface area contributed by atoms with Gasteiger partial charge in [-0.1, -0.05) is 24.3 Å². The molecular formula is C15H11BrFN. The molecule has 3 aromatic rings. The van der Waals surface area contributed by atoms with Crippen molar-refractivity contribution in [3.63, 3.8) is 0 Å². The lowest BCUT2D eigenvalue weighted by molar-refractivity contribution is 0.619. The Morgan fingerprint density at radius 3 is 2.72 bits per heavy atom. The molecule has 90 valence electrons. The summed E-state index contributed by atoms with van der Waals surface area (Å²) in [7, 11) is 0. The fourth-order valence-corrected chi connectivity index (χ4v) is 2.54. The van der Waals surface area contributed by atoms with Crippen molar-refractivity contribution < 1.29 is 4.39 Å². The molecule has 1 heterocycles. The lowest BCUT2D eigenvalue weighted by atomic mass is 10.2. The number of halogens is 2. The summed E-state index contributed by atoms with van der Waals surface area (Å²) in [6.07, 6.45) is 2.06. The van der Waals surface area contributed by atoms with Gasteiger partial charge in [0.15, 0.2) is 0 Å². The largest absolute Gasteiger partial charge is 0.343 e. The van der Waals surface area contributed by atoms with Crippen LogP contribution in [0.3, 0.4) is 0 Å². The van der Waals surface area contributed by atoms with E-state index in [4.69, 9.17) is 0 Å². The zero-order valence-corrected chi connectivity index (χ0v) is 11.2. The number of rotatable bonds is 2. The van der Waals surface area contributed by atoms with Gasteiger partial charge in [-0.3, -0.25) is 0 Å². The number of aromatic nitrogens is 1. The van der Waals surface area contributed by atoms with Gasteiger partial charge in [0, 0.05) is 18.3 Å². The van der Waals surface area contributed by atoms with Crippen LogP contribution in [0.25, 0.3) is 10.9 Å². The highest BCUT2D eigenvalue weighted by Crippen LogP contribution is 2.20. The van der Waals surface area contributed by atoms with Crippen molar-refractivity contribution in [3.8, 4) is 0 Å². The van der Waals surface area contributed by atoms with E-state index in [1.165, 1.54) is 17.0 Å². The second kappa shape index (κ2) is 4.58. The molecule has 0 fully saturated rings. The molecule has 0 aliphatic heterocycles. The van der Waals surface area contributed by atoms with E-state index in [1.54, 1.807) is 0 Å². The summed E-state index contributed by atoms with van der Waals surface area (Å²) in [5.41, 5.74) is 2.27. The Kier molecular flexibility index (Phi) is 2.92. The molecule has 1 nitrogen and oxygen atoms in total. The third-order valence-corrected chi connectivity index (χ3v) is 3.62. The van der Waals surface area contributed by atoms with Crippen LogP contribution in [-0.4, -0.2) is 4.57 Å². The van der Waals surface area contributed by atoms with E-state index in [0.29, 0.717) is 4.47 Å². The number of benzene rings is 2. The maximum Gasteiger partial charge on any atom is 0.137 e. The van der Waals surface area contributed by atoms with Gasteiger partial charge in [-0.25, -0.2) is 4.39 Å². The monoisotopic (exact) mass is 303 g/mol. The summed E-state index contributed by atoms with van der Waals surface area (Å²) in [5.74, 6) is -0.226. The molecule has 0 bridgehead atoms. The molecule has 0 aliphatic rings. The Balaban J connectivity index is 1.98. The van der Waals surface area contributed by atoms with Crippen LogP contribution in [-0.2, 0) is 6.54 Å². The average Bonchev–Trinajstić information content (AvgIpc) is 2.78. The van der Waals surface area contributed by atoms with E-state index in [0.717, 1.165) is 12.1 Å². The van der Waals surface area contributed by atoms with E-state index < -0.39 is 0 Å². The Labute approximate surface area is 113 Å². The zero-order chi connectivity index (χ0) is 12.5. The van der Waals surface area contributed by atoms with E-state index in [2.05, 4.69) is 44.9 Å². The van der Waals surface area contributed by atoms with Crippen LogP contribution in [0.5, 0.6) is 0 Å². The fourth-order valence-electron chi connectivity index (χ4n) is 2.11. The summed E-state index contributed by atoms with van der Waals surface area (Å²) in [6.45, 7) is 0.742. The molecule has 1 aromatic heterocycles. The van der Waals surface area contributed by atoms with Gasteiger partial charge in [0.25, 0.3) is 0 Å². The van der Waals surface area contributed by atoms with Gasteiger partial charge in [0.2, 0.25) is 0 Å². The minimum atomic E-state index is -0.226. The molecule has 3 heteroatoms. The lowest BCUT2D eigenvalue weighted by Crippen LogP contribution is -1.98. The Morgan fingerprint density at radius 2 is 1.89 bits per heavy atom. The quantitative estimate of drug-likeness (QED) is 0.652. The second-order valence-electron chi connectivity index (χ2n) is 4.25. The Morgan fingerprint density at radius 1 is 1.06 bits per heavy atom. The Bertz CT molecular complexity index is 703. The molecule has 0 amide bonds. The molecule has 0 radical (unpaired) electrons. The molecule has 0 aliphatic carbocycles. The number of hydrogen-bond donors (Lipinski definition) is 0. The maximum absolute atomic E-state index is 13.2. The molecule has 0 saturated heterocycles. The molecule has 0 N–H and O–H groups in total. The summed E-state index contributed by atoms with van der Waals surface area (Å²) in [4.78, 5) is 0.